The van der Waals surface area contributed by atoms with Crippen LogP contribution in [0.4, 0.5) is 0 Å². The molecule has 84 valence electrons. The van der Waals surface area contributed by atoms with Gasteiger partial charge in [0.25, 0.3) is 0 Å². The second kappa shape index (κ2) is 9.34. The second-order valence-electron chi connectivity index (χ2n) is 3.30. The number of ether oxygens (including phenoxy) is 1. The van der Waals surface area contributed by atoms with E-state index in [0.717, 1.165) is 32.4 Å². The van der Waals surface area contributed by atoms with Crippen molar-refractivity contribution in [1.29, 1.82) is 0 Å². The van der Waals surface area contributed by atoms with Crippen molar-refractivity contribution < 1.29 is 9.53 Å². The highest BCUT2D eigenvalue weighted by molar-refractivity contribution is 7.81. The van der Waals surface area contributed by atoms with Gasteiger partial charge in [0.15, 0.2) is 0 Å². The van der Waals surface area contributed by atoms with Gasteiger partial charge in [-0.25, -0.2) is 0 Å². The van der Waals surface area contributed by atoms with Crippen LogP contribution in [0.5, 0.6) is 0 Å². The summed E-state index contributed by atoms with van der Waals surface area (Å²) in [7, 11) is 0. The topological polar surface area (TPSA) is 38.3 Å². The highest BCUT2D eigenvalue weighted by atomic mass is 32.1. The van der Waals surface area contributed by atoms with Gasteiger partial charge in [-0.1, -0.05) is 6.92 Å². The number of nitrogens with one attached hydrogen (secondary N) is 1. The SMILES string of the molecule is CCCNCCCCOC(=O)C(C)S. The minimum Gasteiger partial charge on any atom is -0.465 e. The summed E-state index contributed by atoms with van der Waals surface area (Å²) in [5, 5.41) is 2.98. The Morgan fingerprint density at radius 2 is 2.14 bits per heavy atom. The molecule has 0 amide bonds. The molecule has 14 heavy (non-hydrogen) atoms. The van der Waals surface area contributed by atoms with Gasteiger partial charge in [0, 0.05) is 0 Å². The summed E-state index contributed by atoms with van der Waals surface area (Å²) >= 11 is 3.98. The molecule has 4 heteroatoms. The Morgan fingerprint density at radius 1 is 1.43 bits per heavy atom. The van der Waals surface area contributed by atoms with E-state index in [1.54, 1.807) is 6.92 Å². The minimum absolute atomic E-state index is 0.227. The lowest BCUT2D eigenvalue weighted by atomic mass is 10.3. The van der Waals surface area contributed by atoms with E-state index >= 15 is 0 Å². The van der Waals surface area contributed by atoms with Crippen molar-refractivity contribution in [2.75, 3.05) is 19.7 Å². The number of esters is 1. The first-order chi connectivity index (χ1) is 6.68. The van der Waals surface area contributed by atoms with E-state index in [0.29, 0.717) is 6.61 Å². The Hall–Kier alpha value is -0.220. The van der Waals surface area contributed by atoms with Crippen molar-refractivity contribution in [3.05, 3.63) is 0 Å². The van der Waals surface area contributed by atoms with Crippen LogP contribution in [0.3, 0.4) is 0 Å². The highest BCUT2D eigenvalue weighted by Crippen LogP contribution is 1.97. The van der Waals surface area contributed by atoms with Gasteiger partial charge in [-0.15, -0.1) is 0 Å². The van der Waals surface area contributed by atoms with Crippen molar-refractivity contribution in [2.24, 2.45) is 0 Å². The van der Waals surface area contributed by atoms with E-state index in [1.807, 2.05) is 0 Å². The van der Waals surface area contributed by atoms with Crippen molar-refractivity contribution >= 4 is 18.6 Å². The molecule has 0 fully saturated rings. The third kappa shape index (κ3) is 8.38. The predicted molar refractivity (Wildman–Crippen MR) is 61.8 cm³/mol. The summed E-state index contributed by atoms with van der Waals surface area (Å²) < 4.78 is 4.97. The van der Waals surface area contributed by atoms with E-state index in [2.05, 4.69) is 24.9 Å². The fourth-order valence-electron chi connectivity index (χ4n) is 0.947. The second-order valence-corrected chi connectivity index (χ2v) is 4.08. The summed E-state index contributed by atoms with van der Waals surface area (Å²) in [6, 6.07) is 0. The largest absolute Gasteiger partial charge is 0.465 e. The number of unbranched alkanes of at least 4 members (excludes halogenated alkanes) is 1. The number of thiol groups is 1. The molecule has 3 nitrogen and oxygen atoms in total. The Balaban J connectivity index is 3.10. The fraction of sp³-hybridized carbons (Fsp3) is 0.900. The number of hydrogen-bond acceptors (Lipinski definition) is 4. The van der Waals surface area contributed by atoms with E-state index in [-0.39, 0.29) is 11.2 Å². The van der Waals surface area contributed by atoms with Gasteiger partial charge in [0.2, 0.25) is 0 Å². The molecule has 0 aliphatic carbocycles. The summed E-state index contributed by atoms with van der Waals surface area (Å²) in [6.07, 6.45) is 3.13. The van der Waals surface area contributed by atoms with E-state index < -0.39 is 0 Å². The maximum atomic E-state index is 11.0. The molecule has 1 atom stereocenters. The van der Waals surface area contributed by atoms with Crippen LogP contribution in [-0.2, 0) is 9.53 Å². The van der Waals surface area contributed by atoms with Crippen LogP contribution >= 0.6 is 12.6 Å². The third-order valence-electron chi connectivity index (χ3n) is 1.76. The molecule has 0 saturated carbocycles. The lowest BCUT2D eigenvalue weighted by Crippen LogP contribution is -2.18. The van der Waals surface area contributed by atoms with Crippen LogP contribution in [0.25, 0.3) is 0 Å². The average molecular weight is 219 g/mol. The number of hydrogen-bond donors (Lipinski definition) is 2. The molecule has 0 heterocycles. The predicted octanol–water partition coefficient (Wildman–Crippen LogP) is 1.63. The Kier molecular flexibility index (Phi) is 9.19. The first-order valence-corrected chi connectivity index (χ1v) is 5.75. The molecule has 1 unspecified atom stereocenters. The zero-order valence-corrected chi connectivity index (χ0v) is 9.98. The third-order valence-corrected chi connectivity index (χ3v) is 1.97. The number of carbonyl (C=O) groups excluding carboxylic acids is 1. The van der Waals surface area contributed by atoms with Gasteiger partial charge in [-0.05, 0) is 39.3 Å². The Bertz CT molecular complexity index is 151. The zero-order chi connectivity index (χ0) is 10.8. The lowest BCUT2D eigenvalue weighted by molar-refractivity contribution is -0.142. The van der Waals surface area contributed by atoms with Gasteiger partial charge >= 0.3 is 5.97 Å². The maximum absolute atomic E-state index is 11.0. The molecular weight excluding hydrogens is 198 g/mol. The maximum Gasteiger partial charge on any atom is 0.318 e. The molecule has 0 bridgehead atoms. The number of rotatable bonds is 8. The molecule has 0 rings (SSSR count). The van der Waals surface area contributed by atoms with Crippen LogP contribution in [0.15, 0.2) is 0 Å². The summed E-state index contributed by atoms with van der Waals surface area (Å²) in [5.41, 5.74) is 0. The monoisotopic (exact) mass is 219 g/mol. The van der Waals surface area contributed by atoms with E-state index in [9.17, 15) is 4.79 Å². The van der Waals surface area contributed by atoms with Crippen LogP contribution < -0.4 is 5.32 Å². The van der Waals surface area contributed by atoms with Gasteiger partial charge in [-0.2, -0.15) is 12.6 Å². The summed E-state index contributed by atoms with van der Waals surface area (Å²) in [4.78, 5) is 11.0. The van der Waals surface area contributed by atoms with E-state index in [1.165, 1.54) is 0 Å². The molecule has 0 spiro atoms. The lowest BCUT2D eigenvalue weighted by Gasteiger charge is -2.06. The fourth-order valence-corrected chi connectivity index (χ4v) is 1.02. The first kappa shape index (κ1) is 13.8. The van der Waals surface area contributed by atoms with Crippen LogP contribution in [0.1, 0.15) is 33.1 Å². The normalized spacial score (nSPS) is 12.5. The quantitative estimate of drug-likeness (QED) is 0.370. The van der Waals surface area contributed by atoms with Crippen LogP contribution in [0.2, 0.25) is 0 Å². The van der Waals surface area contributed by atoms with Crippen molar-refractivity contribution in [1.82, 2.24) is 5.32 Å². The molecule has 0 aromatic rings. The molecule has 0 aromatic carbocycles. The average Bonchev–Trinajstić information content (AvgIpc) is 2.16. The van der Waals surface area contributed by atoms with Crippen molar-refractivity contribution in [2.45, 2.75) is 38.4 Å². The van der Waals surface area contributed by atoms with Gasteiger partial charge in [-0.3, -0.25) is 4.79 Å². The summed E-state index contributed by atoms with van der Waals surface area (Å²) in [5.74, 6) is -0.227. The molecule has 0 saturated heterocycles. The number of carbonyl (C=O) groups is 1. The first-order valence-electron chi connectivity index (χ1n) is 5.24. The minimum atomic E-state index is -0.312. The van der Waals surface area contributed by atoms with E-state index in [4.69, 9.17) is 4.74 Å². The molecule has 1 N–H and O–H groups in total. The molecule has 0 aliphatic heterocycles. The molecule has 0 aromatic heterocycles. The molecule has 0 radical (unpaired) electrons. The smallest absolute Gasteiger partial charge is 0.318 e. The van der Waals surface area contributed by atoms with Crippen molar-refractivity contribution in [3.8, 4) is 0 Å². The van der Waals surface area contributed by atoms with Gasteiger partial charge < -0.3 is 10.1 Å². The molecular formula is C10H21NO2S. The Labute approximate surface area is 92.0 Å². The zero-order valence-electron chi connectivity index (χ0n) is 9.08. The standard InChI is InChI=1S/C10H21NO2S/c1-3-6-11-7-4-5-8-13-10(12)9(2)14/h9,11,14H,3-8H2,1-2H3. The van der Waals surface area contributed by atoms with Crippen LogP contribution in [0, 0.1) is 0 Å². The summed E-state index contributed by atoms with van der Waals surface area (Å²) in [6.45, 7) is 6.43. The molecule has 0 aliphatic rings. The highest BCUT2D eigenvalue weighted by Gasteiger charge is 2.07. The van der Waals surface area contributed by atoms with Gasteiger partial charge in [0.1, 0.15) is 0 Å². The van der Waals surface area contributed by atoms with Crippen molar-refractivity contribution in [3.63, 3.8) is 0 Å². The van der Waals surface area contributed by atoms with Crippen LogP contribution in [-0.4, -0.2) is 30.9 Å². The Morgan fingerprint density at radius 3 is 2.71 bits per heavy atom. The van der Waals surface area contributed by atoms with Gasteiger partial charge in [0.05, 0.1) is 11.9 Å².